The van der Waals surface area contributed by atoms with Gasteiger partial charge >= 0.3 is 12.3 Å². The van der Waals surface area contributed by atoms with E-state index in [1.807, 2.05) is 4.90 Å². The van der Waals surface area contributed by atoms with Crippen molar-refractivity contribution in [3.63, 3.8) is 0 Å². The van der Waals surface area contributed by atoms with Crippen LogP contribution in [0.2, 0.25) is 0 Å². The number of piperazine rings is 1. The highest BCUT2D eigenvalue weighted by Crippen LogP contribution is 2.33. The smallest absolute Gasteiger partial charge is 0.437 e. The number of amides is 1. The maximum Gasteiger partial charge on any atom is 0.437 e. The normalized spacial score (nSPS) is 16.9. The van der Waals surface area contributed by atoms with Crippen molar-refractivity contribution in [2.75, 3.05) is 31.1 Å². The first-order valence-corrected chi connectivity index (χ1v) is 11.4. The van der Waals surface area contributed by atoms with Crippen molar-refractivity contribution in [2.45, 2.75) is 44.4 Å². The van der Waals surface area contributed by atoms with Crippen LogP contribution in [0.15, 0.2) is 27.5 Å². The highest BCUT2D eigenvalue weighted by molar-refractivity contribution is 9.10. The molecule has 1 saturated heterocycles. The lowest BCUT2D eigenvalue weighted by atomic mass is 10.1. The van der Waals surface area contributed by atoms with Gasteiger partial charge in [0.05, 0.1) is 0 Å². The summed E-state index contributed by atoms with van der Waals surface area (Å²) >= 11 is 2.74. The summed E-state index contributed by atoms with van der Waals surface area (Å²) < 4.78 is 49.5. The van der Waals surface area contributed by atoms with Gasteiger partial charge in [0, 0.05) is 54.7 Å². The second kappa shape index (κ2) is 10.9. The van der Waals surface area contributed by atoms with Crippen LogP contribution in [0.3, 0.4) is 0 Å². The van der Waals surface area contributed by atoms with E-state index in [1.165, 1.54) is 6.20 Å². The van der Waals surface area contributed by atoms with Gasteiger partial charge in [-0.3, -0.25) is 4.79 Å². The minimum atomic E-state index is -4.80. The molecule has 8 nitrogen and oxygen atoms in total. The van der Waals surface area contributed by atoms with Gasteiger partial charge in [-0.15, -0.1) is 12.4 Å². The van der Waals surface area contributed by atoms with Crippen molar-refractivity contribution < 1.29 is 31.9 Å². The Bertz CT molecular complexity index is 1000. The Morgan fingerprint density at radius 2 is 1.82 bits per heavy atom. The third kappa shape index (κ3) is 6.21. The van der Waals surface area contributed by atoms with Crippen LogP contribution in [0.1, 0.15) is 47.5 Å². The second-order valence-corrected chi connectivity index (χ2v) is 8.71. The van der Waals surface area contributed by atoms with Gasteiger partial charge in [0.1, 0.15) is 11.9 Å². The Hall–Kier alpha value is -2.34. The lowest BCUT2D eigenvalue weighted by Gasteiger charge is -2.35. The topological polar surface area (TPSA) is 88.8 Å². The van der Waals surface area contributed by atoms with E-state index in [9.17, 15) is 22.8 Å². The van der Waals surface area contributed by atoms with Gasteiger partial charge in [-0.2, -0.15) is 18.2 Å². The first-order chi connectivity index (χ1) is 15.7. The first kappa shape index (κ1) is 26.3. The summed E-state index contributed by atoms with van der Waals surface area (Å²) in [5.74, 6) is -1.02. The summed E-state index contributed by atoms with van der Waals surface area (Å²) in [6, 6.07) is 3.34. The summed E-state index contributed by atoms with van der Waals surface area (Å²) in [6.07, 6.45) is 0.139. The summed E-state index contributed by atoms with van der Waals surface area (Å²) in [7, 11) is 0. The van der Waals surface area contributed by atoms with Crippen LogP contribution in [0.5, 0.6) is 0 Å². The van der Waals surface area contributed by atoms with E-state index in [0.29, 0.717) is 37.6 Å². The van der Waals surface area contributed by atoms with E-state index < -0.39 is 28.2 Å². The van der Waals surface area contributed by atoms with Crippen molar-refractivity contribution in [3.05, 3.63) is 40.1 Å². The number of pyridine rings is 1. The number of hydrogen-bond donors (Lipinski definition) is 0. The quantitative estimate of drug-likeness (QED) is 0.475. The number of halogens is 5. The van der Waals surface area contributed by atoms with Crippen LogP contribution >= 0.6 is 28.3 Å². The molecule has 34 heavy (non-hydrogen) atoms. The summed E-state index contributed by atoms with van der Waals surface area (Å²) in [5.41, 5.74) is -0.906. The number of ether oxygens (including phenoxy) is 1. The number of hydrogen-bond acceptors (Lipinski definition) is 7. The predicted molar refractivity (Wildman–Crippen MR) is 121 cm³/mol. The summed E-state index contributed by atoms with van der Waals surface area (Å²) in [4.78, 5) is 35.5. The molecule has 2 aliphatic rings. The molecule has 0 radical (unpaired) electrons. The fourth-order valence-electron chi connectivity index (χ4n) is 3.99. The molecule has 186 valence electrons. The van der Waals surface area contributed by atoms with Crippen molar-refractivity contribution in [2.24, 2.45) is 0 Å². The molecule has 1 aliphatic carbocycles. The largest absolute Gasteiger partial charge is 0.446 e. The van der Waals surface area contributed by atoms with Crippen LogP contribution in [-0.2, 0) is 17.3 Å². The minimum absolute atomic E-state index is 0. The summed E-state index contributed by atoms with van der Waals surface area (Å²) in [5, 5.41) is 0. The number of carbonyl (C=O) groups excluding carboxylic acids is 2. The van der Waals surface area contributed by atoms with Gasteiger partial charge in [-0.25, -0.2) is 9.78 Å². The molecule has 0 aromatic carbocycles. The van der Waals surface area contributed by atoms with Gasteiger partial charge in [-0.05, 0) is 37.3 Å². The molecular weight excluding hydrogens is 545 g/mol. The third-order valence-corrected chi connectivity index (χ3v) is 6.07. The van der Waals surface area contributed by atoms with Crippen molar-refractivity contribution in [1.82, 2.24) is 14.9 Å². The Kier molecular flexibility index (Phi) is 8.45. The SMILES string of the molecule is Cl.O=C(Cc1ccc(N2CCN(C(=O)OC3CCCC3)CC2)nc1)c1oc(Br)nc1C(F)(F)F. The Labute approximate surface area is 208 Å². The van der Waals surface area contributed by atoms with Gasteiger partial charge in [0.25, 0.3) is 4.80 Å². The fraction of sp³-hybridized carbons (Fsp3) is 0.524. The lowest BCUT2D eigenvalue weighted by Crippen LogP contribution is -2.49. The number of rotatable bonds is 5. The predicted octanol–water partition coefficient (Wildman–Crippen LogP) is 4.90. The monoisotopic (exact) mass is 566 g/mol. The molecule has 0 atom stereocenters. The molecule has 4 rings (SSSR count). The number of nitrogens with zero attached hydrogens (tertiary/aromatic N) is 4. The molecule has 3 heterocycles. The zero-order valence-corrected chi connectivity index (χ0v) is 20.4. The number of ketones is 1. The molecule has 0 bridgehead atoms. The van der Waals surface area contributed by atoms with E-state index in [2.05, 4.69) is 25.9 Å². The van der Waals surface area contributed by atoms with Crippen molar-refractivity contribution in [1.29, 1.82) is 0 Å². The van der Waals surface area contributed by atoms with E-state index >= 15 is 0 Å². The van der Waals surface area contributed by atoms with E-state index in [0.717, 1.165) is 25.7 Å². The van der Waals surface area contributed by atoms with Crippen molar-refractivity contribution >= 4 is 46.0 Å². The Balaban J connectivity index is 0.00000324. The van der Waals surface area contributed by atoms with Crippen LogP contribution in [0.25, 0.3) is 0 Å². The number of carbonyl (C=O) groups is 2. The maximum absolute atomic E-state index is 13.1. The van der Waals surface area contributed by atoms with Gasteiger partial charge in [0.15, 0.2) is 5.69 Å². The average Bonchev–Trinajstić information content (AvgIpc) is 3.44. The first-order valence-electron chi connectivity index (χ1n) is 10.6. The van der Waals surface area contributed by atoms with E-state index in [-0.39, 0.29) is 31.0 Å². The molecule has 2 fully saturated rings. The van der Waals surface area contributed by atoms with Gasteiger partial charge in [-0.1, -0.05) is 6.07 Å². The highest BCUT2D eigenvalue weighted by Gasteiger charge is 2.40. The number of aromatic nitrogens is 2. The maximum atomic E-state index is 13.1. The van der Waals surface area contributed by atoms with Gasteiger partial charge < -0.3 is 19.0 Å². The number of anilines is 1. The zero-order valence-electron chi connectivity index (χ0n) is 18.0. The van der Waals surface area contributed by atoms with E-state index in [4.69, 9.17) is 9.15 Å². The van der Waals surface area contributed by atoms with Crippen molar-refractivity contribution in [3.8, 4) is 0 Å². The molecule has 13 heteroatoms. The minimum Gasteiger partial charge on any atom is -0.446 e. The zero-order chi connectivity index (χ0) is 23.6. The molecule has 0 spiro atoms. The molecule has 2 aromatic heterocycles. The Morgan fingerprint density at radius 3 is 2.41 bits per heavy atom. The summed E-state index contributed by atoms with van der Waals surface area (Å²) in [6.45, 7) is 2.17. The molecule has 1 aliphatic heterocycles. The fourth-order valence-corrected chi connectivity index (χ4v) is 4.33. The number of oxazole rings is 1. The van der Waals surface area contributed by atoms with Crippen LogP contribution in [0, 0.1) is 0 Å². The van der Waals surface area contributed by atoms with Crippen LogP contribution in [-0.4, -0.2) is 59.0 Å². The standard InChI is InChI=1S/C21H22BrF3N4O4.ClH/c22-19-27-18(21(23,24)25)17(33-19)15(30)11-13-5-6-16(26-12-13)28-7-9-29(10-8-28)20(31)32-14-3-1-2-4-14;/h5-6,12,14H,1-4,7-11H2;1H. The highest BCUT2D eigenvalue weighted by atomic mass is 79.9. The molecule has 0 N–H and O–H groups in total. The lowest BCUT2D eigenvalue weighted by molar-refractivity contribution is -0.141. The second-order valence-electron chi connectivity index (χ2n) is 8.03. The molecular formula is C21H23BrClF3N4O4. The van der Waals surface area contributed by atoms with Crippen LogP contribution in [0.4, 0.5) is 23.8 Å². The molecule has 0 unspecified atom stereocenters. The number of Topliss-reactive ketones (excluding diaryl/α,β-unsaturated/α-hetero) is 1. The van der Waals surface area contributed by atoms with Gasteiger partial charge in [0.2, 0.25) is 11.5 Å². The average molecular weight is 568 g/mol. The molecule has 2 aromatic rings. The number of alkyl halides is 3. The molecule has 1 amide bonds. The van der Waals surface area contributed by atoms with Crippen LogP contribution < -0.4 is 4.90 Å². The third-order valence-electron chi connectivity index (χ3n) is 5.73. The Morgan fingerprint density at radius 1 is 1.15 bits per heavy atom. The van der Waals surface area contributed by atoms with E-state index in [1.54, 1.807) is 17.0 Å². The molecule has 1 saturated carbocycles.